The fourth-order valence-electron chi connectivity index (χ4n) is 5.44. The molecule has 4 aliphatic rings. The molecule has 4 unspecified atom stereocenters. The highest BCUT2D eigenvalue weighted by molar-refractivity contribution is 5.90. The maximum absolute atomic E-state index is 13.4. The minimum Gasteiger partial charge on any atom is -0.379 e. The third-order valence-electron chi connectivity index (χ3n) is 7.05. The molecule has 3 heterocycles. The third-order valence-corrected chi connectivity index (χ3v) is 7.05. The normalized spacial score (nSPS) is 39.2. The van der Waals surface area contributed by atoms with Crippen LogP contribution in [-0.2, 0) is 14.3 Å². The first-order valence-electron chi connectivity index (χ1n) is 9.48. The number of likely N-dealkylation sites (tertiary alicyclic amines) is 1. The van der Waals surface area contributed by atoms with E-state index >= 15 is 0 Å². The Morgan fingerprint density at radius 1 is 1.08 bits per heavy atom. The minimum atomic E-state index is -0.766. The van der Waals surface area contributed by atoms with E-state index in [9.17, 15) is 4.79 Å². The SMILES string of the molecule is CC1(C)C2OCCCC2C1(N)C(=O)N1CCC(N2CCOCC2)C1.Cl.Cl. The topological polar surface area (TPSA) is 68.0 Å². The summed E-state index contributed by atoms with van der Waals surface area (Å²) in [6.45, 7) is 10.2. The summed E-state index contributed by atoms with van der Waals surface area (Å²) in [5.41, 5.74) is 5.73. The van der Waals surface area contributed by atoms with E-state index in [-0.39, 0.29) is 48.2 Å². The van der Waals surface area contributed by atoms with Gasteiger partial charge in [-0.25, -0.2) is 0 Å². The summed E-state index contributed by atoms with van der Waals surface area (Å²) in [7, 11) is 0. The Labute approximate surface area is 168 Å². The summed E-state index contributed by atoms with van der Waals surface area (Å²) in [6.07, 6.45) is 3.21. The first kappa shape index (κ1) is 22.2. The van der Waals surface area contributed by atoms with Gasteiger partial charge in [-0.15, -0.1) is 24.8 Å². The van der Waals surface area contributed by atoms with Gasteiger partial charge in [-0.1, -0.05) is 13.8 Å². The summed E-state index contributed by atoms with van der Waals surface area (Å²) in [5.74, 6) is 0.325. The van der Waals surface area contributed by atoms with Crippen LogP contribution < -0.4 is 5.73 Å². The van der Waals surface area contributed by atoms with E-state index in [2.05, 4.69) is 18.7 Å². The first-order chi connectivity index (χ1) is 11.5. The molecule has 1 aliphatic carbocycles. The van der Waals surface area contributed by atoms with Crippen molar-refractivity contribution in [3.8, 4) is 0 Å². The number of ether oxygens (including phenoxy) is 2. The standard InChI is InChI=1S/C18H31N3O3.2ClH/c1-17(2)15-14(4-3-9-24-15)18(17,19)16(22)21-6-5-13(12-21)20-7-10-23-11-8-20;;/h13-15H,3-12,19H2,1-2H3;2*1H. The summed E-state index contributed by atoms with van der Waals surface area (Å²) >= 11 is 0. The average molecular weight is 410 g/mol. The fourth-order valence-corrected chi connectivity index (χ4v) is 5.44. The molecule has 1 amide bonds. The largest absolute Gasteiger partial charge is 0.379 e. The van der Waals surface area contributed by atoms with Crippen LogP contribution >= 0.6 is 24.8 Å². The quantitative estimate of drug-likeness (QED) is 0.743. The average Bonchev–Trinajstić information content (AvgIpc) is 3.11. The first-order valence-corrected chi connectivity index (χ1v) is 9.48. The molecule has 4 atom stereocenters. The van der Waals surface area contributed by atoms with E-state index in [1.54, 1.807) is 0 Å². The van der Waals surface area contributed by atoms with Crippen molar-refractivity contribution in [2.24, 2.45) is 17.1 Å². The van der Waals surface area contributed by atoms with Crippen LogP contribution in [0.1, 0.15) is 33.1 Å². The summed E-state index contributed by atoms with van der Waals surface area (Å²) in [5, 5.41) is 0. The van der Waals surface area contributed by atoms with Crippen LogP contribution in [-0.4, -0.2) is 79.4 Å². The number of nitrogens with two attached hydrogens (primary N) is 1. The number of nitrogens with zero attached hydrogens (tertiary/aromatic N) is 2. The fraction of sp³-hybridized carbons (Fsp3) is 0.944. The van der Waals surface area contributed by atoms with Gasteiger partial charge >= 0.3 is 0 Å². The van der Waals surface area contributed by atoms with Crippen LogP contribution in [0.3, 0.4) is 0 Å². The van der Waals surface area contributed by atoms with Crippen LogP contribution in [0.2, 0.25) is 0 Å². The second-order valence-electron chi connectivity index (χ2n) is 8.47. The molecule has 0 spiro atoms. The van der Waals surface area contributed by atoms with Crippen molar-refractivity contribution in [1.29, 1.82) is 0 Å². The van der Waals surface area contributed by atoms with Crippen molar-refractivity contribution >= 4 is 30.7 Å². The number of amides is 1. The van der Waals surface area contributed by atoms with E-state index in [1.807, 2.05) is 4.90 Å². The molecule has 6 nitrogen and oxygen atoms in total. The highest BCUT2D eigenvalue weighted by Crippen LogP contribution is 2.58. The van der Waals surface area contributed by atoms with Crippen LogP contribution in [0.4, 0.5) is 0 Å². The Balaban J connectivity index is 0.00000121. The molecular formula is C18H33Cl2N3O3. The van der Waals surface area contributed by atoms with Gasteiger partial charge < -0.3 is 20.1 Å². The van der Waals surface area contributed by atoms with Crippen molar-refractivity contribution < 1.29 is 14.3 Å². The number of rotatable bonds is 2. The second kappa shape index (κ2) is 8.10. The highest BCUT2D eigenvalue weighted by Gasteiger charge is 2.71. The summed E-state index contributed by atoms with van der Waals surface area (Å²) in [4.78, 5) is 17.8. The van der Waals surface area contributed by atoms with Gasteiger partial charge in [0.05, 0.1) is 19.3 Å². The van der Waals surface area contributed by atoms with Crippen LogP contribution in [0.25, 0.3) is 0 Å². The lowest BCUT2D eigenvalue weighted by molar-refractivity contribution is -0.229. The number of carbonyl (C=O) groups excluding carboxylic acids is 1. The molecule has 3 aliphatic heterocycles. The number of hydrogen-bond acceptors (Lipinski definition) is 5. The van der Waals surface area contributed by atoms with Crippen molar-refractivity contribution in [2.45, 2.75) is 50.8 Å². The zero-order valence-corrected chi connectivity index (χ0v) is 17.4. The number of halogens is 2. The zero-order chi connectivity index (χ0) is 16.9. The van der Waals surface area contributed by atoms with Gasteiger partial charge in [-0.05, 0) is 19.3 Å². The van der Waals surface area contributed by atoms with E-state index in [4.69, 9.17) is 15.2 Å². The van der Waals surface area contributed by atoms with Gasteiger partial charge in [0, 0.05) is 50.2 Å². The lowest BCUT2D eigenvalue weighted by Crippen LogP contribution is -2.82. The number of hydrogen-bond donors (Lipinski definition) is 1. The number of fused-ring (bicyclic) bond motifs is 1. The maximum atomic E-state index is 13.4. The highest BCUT2D eigenvalue weighted by atomic mass is 35.5. The molecule has 3 saturated heterocycles. The molecule has 0 radical (unpaired) electrons. The number of morpholine rings is 1. The van der Waals surface area contributed by atoms with E-state index < -0.39 is 5.54 Å². The molecule has 26 heavy (non-hydrogen) atoms. The molecule has 0 aromatic rings. The van der Waals surface area contributed by atoms with E-state index in [1.165, 1.54) is 0 Å². The Morgan fingerprint density at radius 2 is 1.77 bits per heavy atom. The van der Waals surface area contributed by atoms with Gasteiger partial charge in [-0.3, -0.25) is 9.69 Å². The van der Waals surface area contributed by atoms with E-state index in [0.29, 0.717) is 6.04 Å². The molecule has 2 N–H and O–H groups in total. The van der Waals surface area contributed by atoms with Crippen LogP contribution in [0.5, 0.6) is 0 Å². The Morgan fingerprint density at radius 3 is 2.46 bits per heavy atom. The lowest BCUT2D eigenvalue weighted by Gasteiger charge is -2.65. The maximum Gasteiger partial charge on any atom is 0.243 e. The molecule has 0 aromatic heterocycles. The molecule has 4 fully saturated rings. The Kier molecular flexibility index (Phi) is 6.91. The molecule has 4 rings (SSSR count). The van der Waals surface area contributed by atoms with Crippen LogP contribution in [0, 0.1) is 11.3 Å². The number of carbonyl (C=O) groups is 1. The minimum absolute atomic E-state index is 0. The Hall–Kier alpha value is -0.110. The zero-order valence-electron chi connectivity index (χ0n) is 15.8. The molecule has 1 saturated carbocycles. The monoisotopic (exact) mass is 409 g/mol. The second-order valence-corrected chi connectivity index (χ2v) is 8.47. The van der Waals surface area contributed by atoms with Crippen molar-refractivity contribution in [2.75, 3.05) is 46.0 Å². The predicted molar refractivity (Wildman–Crippen MR) is 105 cm³/mol. The van der Waals surface area contributed by atoms with Gasteiger partial charge in [-0.2, -0.15) is 0 Å². The van der Waals surface area contributed by atoms with Gasteiger partial charge in [0.2, 0.25) is 5.91 Å². The smallest absolute Gasteiger partial charge is 0.243 e. The molecule has 152 valence electrons. The van der Waals surface area contributed by atoms with Crippen LogP contribution in [0.15, 0.2) is 0 Å². The Bertz CT molecular complexity index is 516. The summed E-state index contributed by atoms with van der Waals surface area (Å²) < 4.78 is 11.4. The van der Waals surface area contributed by atoms with Crippen molar-refractivity contribution in [3.05, 3.63) is 0 Å². The lowest BCUT2D eigenvalue weighted by atomic mass is 9.46. The molecule has 0 bridgehead atoms. The van der Waals surface area contributed by atoms with Gasteiger partial charge in [0.1, 0.15) is 5.54 Å². The van der Waals surface area contributed by atoms with E-state index in [0.717, 1.165) is 65.3 Å². The van der Waals surface area contributed by atoms with Gasteiger partial charge in [0.15, 0.2) is 0 Å². The molecule has 0 aromatic carbocycles. The van der Waals surface area contributed by atoms with Crippen molar-refractivity contribution in [1.82, 2.24) is 9.80 Å². The van der Waals surface area contributed by atoms with Crippen molar-refractivity contribution in [3.63, 3.8) is 0 Å². The predicted octanol–water partition coefficient (Wildman–Crippen LogP) is 1.30. The third kappa shape index (κ3) is 3.16. The van der Waals surface area contributed by atoms with Gasteiger partial charge in [0.25, 0.3) is 0 Å². The molecular weight excluding hydrogens is 377 g/mol. The summed E-state index contributed by atoms with van der Waals surface area (Å²) in [6, 6.07) is 0.461. The molecule has 8 heteroatoms.